The number of halogens is 2. The predicted molar refractivity (Wildman–Crippen MR) is 73.3 cm³/mol. The van der Waals surface area contributed by atoms with Crippen LogP contribution in [0.15, 0.2) is 28.8 Å². The minimum Gasteiger partial charge on any atom is -0.441 e. The third kappa shape index (κ3) is 3.87. The Bertz CT molecular complexity index is 567. The molecule has 0 saturated heterocycles. The van der Waals surface area contributed by atoms with Crippen LogP contribution in [0, 0.1) is 11.6 Å². The number of aromatic nitrogens is 1. The number of hydrogen-bond donors (Lipinski definition) is 1. The first-order valence-electron chi connectivity index (χ1n) is 6.70. The van der Waals surface area contributed by atoms with Crippen LogP contribution in [-0.2, 0) is 6.42 Å². The van der Waals surface area contributed by atoms with Crippen molar-refractivity contribution in [3.05, 3.63) is 41.9 Å². The van der Waals surface area contributed by atoms with Crippen molar-refractivity contribution in [3.8, 4) is 11.3 Å². The topological polar surface area (TPSA) is 38.1 Å². The smallest absolute Gasteiger partial charge is 0.194 e. The number of benzene rings is 1. The van der Waals surface area contributed by atoms with Crippen LogP contribution in [-0.4, -0.2) is 17.6 Å². The van der Waals surface area contributed by atoms with E-state index in [2.05, 4.69) is 24.1 Å². The highest BCUT2D eigenvalue weighted by Gasteiger charge is 2.11. The summed E-state index contributed by atoms with van der Waals surface area (Å²) in [6.07, 6.45) is 3.05. The Hall–Kier alpha value is -1.75. The van der Waals surface area contributed by atoms with Gasteiger partial charge in [-0.15, -0.1) is 0 Å². The van der Waals surface area contributed by atoms with Crippen LogP contribution in [0.25, 0.3) is 11.3 Å². The number of rotatable bonds is 6. The van der Waals surface area contributed by atoms with Crippen LogP contribution in [0.4, 0.5) is 8.78 Å². The van der Waals surface area contributed by atoms with Gasteiger partial charge < -0.3 is 9.73 Å². The normalized spacial score (nSPS) is 11.2. The van der Waals surface area contributed by atoms with Crippen molar-refractivity contribution in [2.45, 2.75) is 32.7 Å². The lowest BCUT2D eigenvalue weighted by Crippen LogP contribution is -2.23. The van der Waals surface area contributed by atoms with Gasteiger partial charge in [0, 0.05) is 18.5 Å². The minimum absolute atomic E-state index is 0.227. The first-order valence-corrected chi connectivity index (χ1v) is 6.70. The van der Waals surface area contributed by atoms with Gasteiger partial charge >= 0.3 is 0 Å². The maximum Gasteiger partial charge on any atom is 0.194 e. The molecule has 20 heavy (non-hydrogen) atoms. The Balaban J connectivity index is 1.98. The summed E-state index contributed by atoms with van der Waals surface area (Å²) in [6.45, 7) is 5.04. The third-order valence-electron chi connectivity index (χ3n) is 2.87. The zero-order chi connectivity index (χ0) is 14.5. The molecule has 3 nitrogen and oxygen atoms in total. The summed E-state index contributed by atoms with van der Waals surface area (Å²) in [5.74, 6) is -0.358. The van der Waals surface area contributed by atoms with E-state index in [-0.39, 0.29) is 5.56 Å². The first-order chi connectivity index (χ1) is 9.56. The monoisotopic (exact) mass is 280 g/mol. The van der Waals surface area contributed by atoms with E-state index in [1.54, 1.807) is 0 Å². The van der Waals surface area contributed by atoms with E-state index in [1.165, 1.54) is 18.3 Å². The van der Waals surface area contributed by atoms with Gasteiger partial charge in [0.1, 0.15) is 11.6 Å². The standard InChI is InChI=1S/C15H18F2N2O/c1-10(2)18-7-3-4-15-19-9-14(20-15)12-6-5-11(16)8-13(12)17/h5-6,8-10,18H,3-4,7H2,1-2H3. The van der Waals surface area contributed by atoms with E-state index >= 15 is 0 Å². The highest BCUT2D eigenvalue weighted by atomic mass is 19.1. The molecule has 0 amide bonds. The van der Waals surface area contributed by atoms with Gasteiger partial charge in [0.05, 0.1) is 11.8 Å². The van der Waals surface area contributed by atoms with E-state index in [1.807, 2.05) is 0 Å². The average molecular weight is 280 g/mol. The Morgan fingerprint density at radius 1 is 1.30 bits per heavy atom. The highest BCUT2D eigenvalue weighted by Crippen LogP contribution is 2.24. The van der Waals surface area contributed by atoms with Crippen molar-refractivity contribution in [3.63, 3.8) is 0 Å². The summed E-state index contributed by atoms with van der Waals surface area (Å²) < 4.78 is 31.9. The van der Waals surface area contributed by atoms with Crippen LogP contribution in [0.3, 0.4) is 0 Å². The van der Waals surface area contributed by atoms with Gasteiger partial charge in [-0.1, -0.05) is 13.8 Å². The number of aryl methyl sites for hydroxylation is 1. The second-order valence-electron chi connectivity index (χ2n) is 4.95. The molecule has 1 aromatic carbocycles. The maximum atomic E-state index is 13.6. The molecular formula is C15H18F2N2O. The number of oxazole rings is 1. The maximum absolute atomic E-state index is 13.6. The molecule has 0 atom stereocenters. The van der Waals surface area contributed by atoms with Gasteiger partial charge in [0.15, 0.2) is 11.7 Å². The summed E-state index contributed by atoms with van der Waals surface area (Å²) in [7, 11) is 0. The number of nitrogens with one attached hydrogen (secondary N) is 1. The molecular weight excluding hydrogens is 262 g/mol. The van der Waals surface area contributed by atoms with Crippen molar-refractivity contribution in [1.82, 2.24) is 10.3 Å². The van der Waals surface area contributed by atoms with Crippen molar-refractivity contribution in [2.24, 2.45) is 0 Å². The lowest BCUT2D eigenvalue weighted by atomic mass is 10.2. The summed E-state index contributed by atoms with van der Waals surface area (Å²) in [6, 6.07) is 3.84. The molecule has 0 bridgehead atoms. The van der Waals surface area contributed by atoms with Gasteiger partial charge in [-0.3, -0.25) is 0 Å². The molecule has 0 fully saturated rings. The number of nitrogens with zero attached hydrogens (tertiary/aromatic N) is 1. The molecule has 2 aromatic rings. The highest BCUT2D eigenvalue weighted by molar-refractivity contribution is 5.57. The van der Waals surface area contributed by atoms with E-state index in [0.29, 0.717) is 24.1 Å². The van der Waals surface area contributed by atoms with Crippen molar-refractivity contribution in [2.75, 3.05) is 6.54 Å². The molecule has 2 rings (SSSR count). The molecule has 0 aliphatic rings. The van der Waals surface area contributed by atoms with Crippen molar-refractivity contribution < 1.29 is 13.2 Å². The minimum atomic E-state index is -0.644. The molecule has 0 spiro atoms. The third-order valence-corrected chi connectivity index (χ3v) is 2.87. The van der Waals surface area contributed by atoms with Crippen molar-refractivity contribution in [1.29, 1.82) is 0 Å². The fourth-order valence-electron chi connectivity index (χ4n) is 1.87. The van der Waals surface area contributed by atoms with E-state index in [9.17, 15) is 8.78 Å². The average Bonchev–Trinajstić information content (AvgIpc) is 2.83. The fourth-order valence-corrected chi connectivity index (χ4v) is 1.87. The van der Waals surface area contributed by atoms with Gasteiger partial charge in [-0.2, -0.15) is 0 Å². The molecule has 1 N–H and O–H groups in total. The fraction of sp³-hybridized carbons (Fsp3) is 0.400. The van der Waals surface area contributed by atoms with Gasteiger partial charge in [-0.25, -0.2) is 13.8 Å². The van der Waals surface area contributed by atoms with E-state index in [0.717, 1.165) is 19.0 Å². The zero-order valence-corrected chi connectivity index (χ0v) is 11.6. The molecule has 0 saturated carbocycles. The molecule has 0 unspecified atom stereocenters. The van der Waals surface area contributed by atoms with Crippen LogP contribution in [0.5, 0.6) is 0 Å². The largest absolute Gasteiger partial charge is 0.441 e. The predicted octanol–water partition coefficient (Wildman–Crippen LogP) is 3.55. The molecule has 1 heterocycles. The Morgan fingerprint density at radius 3 is 2.80 bits per heavy atom. The molecule has 0 aliphatic carbocycles. The Morgan fingerprint density at radius 2 is 2.10 bits per heavy atom. The SMILES string of the molecule is CC(C)NCCCc1ncc(-c2ccc(F)cc2F)o1. The number of hydrogen-bond acceptors (Lipinski definition) is 3. The zero-order valence-electron chi connectivity index (χ0n) is 11.6. The van der Waals surface area contributed by atoms with Crippen LogP contribution < -0.4 is 5.32 Å². The molecule has 0 radical (unpaired) electrons. The molecule has 1 aromatic heterocycles. The van der Waals surface area contributed by atoms with Crippen LogP contribution in [0.1, 0.15) is 26.2 Å². The molecule has 0 aliphatic heterocycles. The summed E-state index contributed by atoms with van der Waals surface area (Å²) in [5.41, 5.74) is 0.227. The van der Waals surface area contributed by atoms with E-state index in [4.69, 9.17) is 4.42 Å². The van der Waals surface area contributed by atoms with Crippen molar-refractivity contribution >= 4 is 0 Å². The second-order valence-corrected chi connectivity index (χ2v) is 4.95. The Labute approximate surface area is 117 Å². The summed E-state index contributed by atoms with van der Waals surface area (Å²) >= 11 is 0. The quantitative estimate of drug-likeness (QED) is 0.822. The first kappa shape index (κ1) is 14.7. The molecule has 108 valence electrons. The van der Waals surface area contributed by atoms with Crippen LogP contribution >= 0.6 is 0 Å². The van der Waals surface area contributed by atoms with Crippen LogP contribution in [0.2, 0.25) is 0 Å². The van der Waals surface area contributed by atoms with Gasteiger partial charge in [-0.05, 0) is 25.1 Å². The van der Waals surface area contributed by atoms with Gasteiger partial charge in [0.25, 0.3) is 0 Å². The summed E-state index contributed by atoms with van der Waals surface area (Å²) in [5, 5.41) is 3.30. The lowest BCUT2D eigenvalue weighted by molar-refractivity contribution is 0.481. The second kappa shape index (κ2) is 6.61. The van der Waals surface area contributed by atoms with E-state index < -0.39 is 11.6 Å². The Kier molecular flexibility index (Phi) is 4.84. The summed E-state index contributed by atoms with van der Waals surface area (Å²) in [4.78, 5) is 4.12. The lowest BCUT2D eigenvalue weighted by Gasteiger charge is -2.05. The van der Waals surface area contributed by atoms with Gasteiger partial charge in [0.2, 0.25) is 0 Å². The molecule has 5 heteroatoms.